The number of benzene rings is 3. The maximum absolute atomic E-state index is 11.8. The summed E-state index contributed by atoms with van der Waals surface area (Å²) in [5.74, 6) is -0.139. The molecule has 0 spiro atoms. The smallest absolute Gasteiger partial charge is 0.221 e. The molecule has 0 radical (unpaired) electrons. The lowest BCUT2D eigenvalue weighted by Crippen LogP contribution is -2.27. The monoisotopic (exact) mass is 701 g/mol. The van der Waals surface area contributed by atoms with Crippen LogP contribution in [-0.2, 0) is 20.4 Å². The second kappa shape index (κ2) is 14.1. The van der Waals surface area contributed by atoms with E-state index in [9.17, 15) is 9.59 Å². The number of likely N-dealkylation sites (N-methyl/N-ethyl adjacent to an activating group) is 1. The Hall–Kier alpha value is -4.68. The van der Waals surface area contributed by atoms with Crippen LogP contribution in [0.15, 0.2) is 102 Å². The summed E-state index contributed by atoms with van der Waals surface area (Å²) in [5, 5.41) is 6.65. The van der Waals surface area contributed by atoms with E-state index in [1.165, 1.54) is 50.6 Å². The van der Waals surface area contributed by atoms with Crippen molar-refractivity contribution in [3.05, 3.63) is 124 Å². The Morgan fingerprint density at radius 1 is 0.824 bits per heavy atom. The molecule has 0 fully saturated rings. The van der Waals surface area contributed by atoms with E-state index >= 15 is 0 Å². The van der Waals surface area contributed by atoms with Gasteiger partial charge >= 0.3 is 0 Å². The highest BCUT2D eigenvalue weighted by Crippen LogP contribution is 2.49. The molecule has 2 heterocycles. The van der Waals surface area contributed by atoms with Gasteiger partial charge in [0.25, 0.3) is 0 Å². The van der Waals surface area contributed by atoms with Crippen LogP contribution in [0.5, 0.6) is 0 Å². The number of amides is 2. The molecule has 3 aliphatic rings. The van der Waals surface area contributed by atoms with Gasteiger partial charge in [-0.25, -0.2) is 0 Å². The first-order valence-electron chi connectivity index (χ1n) is 18.1. The molecule has 3 aromatic carbocycles. The minimum atomic E-state index is -0.248. The number of carbonyl (C=O) groups excluding carboxylic acids is 2. The highest BCUT2D eigenvalue weighted by Gasteiger charge is 2.44. The Bertz CT molecular complexity index is 2060. The van der Waals surface area contributed by atoms with Gasteiger partial charge in [0.2, 0.25) is 17.5 Å². The molecule has 0 saturated carbocycles. The molecule has 0 unspecified atom stereocenters. The molecule has 1 aliphatic carbocycles. The zero-order chi connectivity index (χ0) is 36.7. The number of fused-ring (bicyclic) bond motifs is 2. The van der Waals surface area contributed by atoms with Crippen molar-refractivity contribution in [2.24, 2.45) is 0 Å². The van der Waals surface area contributed by atoms with Crippen LogP contribution in [0.3, 0.4) is 0 Å². The number of hydrogen-bond donors (Lipinski definition) is 2. The van der Waals surface area contributed by atoms with Crippen molar-refractivity contribution < 1.29 is 14.2 Å². The molecule has 6 rings (SSSR count). The Morgan fingerprint density at radius 3 is 2.10 bits per heavy atom. The Labute approximate surface area is 308 Å². The molecule has 6 nitrogen and oxygen atoms in total. The number of halogens is 1. The van der Waals surface area contributed by atoms with Crippen molar-refractivity contribution in [3.8, 4) is 0 Å². The van der Waals surface area contributed by atoms with Crippen molar-refractivity contribution in [1.29, 1.82) is 0 Å². The molecular weight excluding hydrogens is 652 g/mol. The highest BCUT2D eigenvalue weighted by atomic mass is 35.5. The first-order valence-corrected chi connectivity index (χ1v) is 18.5. The molecule has 0 atom stereocenters. The van der Waals surface area contributed by atoms with Gasteiger partial charge in [0.05, 0.1) is 5.41 Å². The molecule has 0 saturated heterocycles. The van der Waals surface area contributed by atoms with Crippen LogP contribution in [0, 0.1) is 0 Å². The predicted octanol–water partition coefficient (Wildman–Crippen LogP) is 10.5. The van der Waals surface area contributed by atoms with Crippen LogP contribution in [0.25, 0.3) is 5.57 Å². The second-order valence-corrected chi connectivity index (χ2v) is 15.2. The average molecular weight is 702 g/mol. The van der Waals surface area contributed by atoms with E-state index in [4.69, 9.17) is 11.6 Å². The summed E-state index contributed by atoms with van der Waals surface area (Å²) < 4.78 is 2.40. The van der Waals surface area contributed by atoms with Crippen molar-refractivity contribution in [2.45, 2.75) is 85.5 Å². The SMILES string of the molecule is CCN1C(=CC=C2CCCC(C=CC3=[N+](CC)c4ccc(NC(C)=O)cc4C3(C)C)=C2c2ccc(Cl)cc2)C(C)(C)c2cc(NC(C)=O)ccc21. The summed E-state index contributed by atoms with van der Waals surface area (Å²) in [4.78, 5) is 26.1. The van der Waals surface area contributed by atoms with Crippen LogP contribution in [0.1, 0.15) is 91.3 Å². The van der Waals surface area contributed by atoms with E-state index in [0.29, 0.717) is 0 Å². The van der Waals surface area contributed by atoms with E-state index < -0.39 is 0 Å². The Balaban J connectivity index is 1.43. The zero-order valence-corrected chi connectivity index (χ0v) is 32.0. The standard InChI is InChI=1S/C44H49ClN4O2/c1-9-48-38-22-20-34(46-28(3)50)26-36(38)43(5,6)40(48)24-16-30-12-11-13-31(42(30)32-14-18-33(45)19-15-32)17-25-41-44(7,8)37-27-35(47-29(4)51)21-23-39(37)49(41)10-2/h14-27H,9-13H2,1-8H3,(H-,46,47,50,51)/p+1. The average Bonchev–Trinajstić information content (AvgIpc) is 3.43. The molecule has 264 valence electrons. The fourth-order valence-corrected chi connectivity index (χ4v) is 8.33. The van der Waals surface area contributed by atoms with Gasteiger partial charge in [-0.3, -0.25) is 9.59 Å². The van der Waals surface area contributed by atoms with Crippen molar-refractivity contribution in [1.82, 2.24) is 0 Å². The first kappa shape index (κ1) is 36.1. The summed E-state index contributed by atoms with van der Waals surface area (Å²) in [6.45, 7) is 18.2. The van der Waals surface area contributed by atoms with Gasteiger partial charge in [-0.2, -0.15) is 4.58 Å². The van der Waals surface area contributed by atoms with E-state index in [1.807, 2.05) is 24.3 Å². The number of rotatable bonds is 8. The first-order chi connectivity index (χ1) is 24.3. The third kappa shape index (κ3) is 6.86. The summed E-state index contributed by atoms with van der Waals surface area (Å²) in [6, 6.07) is 20.7. The third-order valence-corrected chi connectivity index (χ3v) is 10.9. The zero-order valence-electron chi connectivity index (χ0n) is 31.2. The third-order valence-electron chi connectivity index (χ3n) is 10.6. The summed E-state index contributed by atoms with van der Waals surface area (Å²) in [7, 11) is 0. The molecule has 7 heteroatoms. The largest absolute Gasteiger partial charge is 0.344 e. The quantitative estimate of drug-likeness (QED) is 0.230. The Morgan fingerprint density at radius 2 is 1.47 bits per heavy atom. The van der Waals surface area contributed by atoms with Crippen molar-refractivity contribution >= 4 is 57.4 Å². The predicted molar refractivity (Wildman–Crippen MR) is 214 cm³/mol. The van der Waals surface area contributed by atoms with Gasteiger partial charge in [0.1, 0.15) is 6.54 Å². The Kier molecular flexibility index (Phi) is 10.0. The minimum Gasteiger partial charge on any atom is -0.344 e. The van der Waals surface area contributed by atoms with Gasteiger partial charge in [-0.1, -0.05) is 49.7 Å². The highest BCUT2D eigenvalue weighted by molar-refractivity contribution is 6.30. The van der Waals surface area contributed by atoms with Gasteiger partial charge < -0.3 is 15.5 Å². The number of allylic oxidation sites excluding steroid dienone is 8. The van der Waals surface area contributed by atoms with E-state index in [-0.39, 0.29) is 22.6 Å². The van der Waals surface area contributed by atoms with Crippen molar-refractivity contribution in [2.75, 3.05) is 28.6 Å². The molecule has 0 bridgehead atoms. The van der Waals surface area contributed by atoms with Crippen molar-refractivity contribution in [3.63, 3.8) is 0 Å². The normalized spacial score (nSPS) is 19.3. The van der Waals surface area contributed by atoms with Crippen LogP contribution >= 0.6 is 11.6 Å². The fraction of sp³-hybridized carbons (Fsp3) is 0.341. The molecule has 2 amide bonds. The number of nitrogens with one attached hydrogen (secondary N) is 2. The lowest BCUT2D eigenvalue weighted by Gasteiger charge is -2.27. The topological polar surface area (TPSA) is 64.5 Å². The summed E-state index contributed by atoms with van der Waals surface area (Å²) in [6.07, 6.45) is 12.3. The lowest BCUT2D eigenvalue weighted by molar-refractivity contribution is -0.433. The van der Waals surface area contributed by atoms with Crippen LogP contribution in [-0.4, -0.2) is 35.2 Å². The van der Waals surface area contributed by atoms with Gasteiger partial charge in [0.15, 0.2) is 5.71 Å². The van der Waals surface area contributed by atoms with Gasteiger partial charge in [-0.05, 0) is 123 Å². The van der Waals surface area contributed by atoms with E-state index in [0.717, 1.165) is 54.3 Å². The molecule has 3 aromatic rings. The molecule has 51 heavy (non-hydrogen) atoms. The van der Waals surface area contributed by atoms with E-state index in [1.54, 1.807) is 13.8 Å². The minimum absolute atomic E-state index is 0.0693. The fourth-order valence-electron chi connectivity index (χ4n) is 8.20. The lowest BCUT2D eigenvalue weighted by atomic mass is 9.79. The molecule has 0 aromatic heterocycles. The maximum Gasteiger partial charge on any atom is 0.221 e. The summed E-state index contributed by atoms with van der Waals surface area (Å²) >= 11 is 6.40. The summed E-state index contributed by atoms with van der Waals surface area (Å²) in [5.41, 5.74) is 13.5. The number of nitrogens with zero attached hydrogens (tertiary/aromatic N) is 2. The van der Waals surface area contributed by atoms with Crippen LogP contribution < -0.4 is 15.5 Å². The second-order valence-electron chi connectivity index (χ2n) is 14.8. The number of carbonyl (C=O) groups is 2. The van der Waals surface area contributed by atoms with Gasteiger partial charge in [-0.15, -0.1) is 0 Å². The van der Waals surface area contributed by atoms with Gasteiger partial charge in [0, 0.05) is 71.3 Å². The molecule has 2 N–H and O–H groups in total. The van der Waals surface area contributed by atoms with E-state index in [2.05, 4.69) is 122 Å². The van der Waals surface area contributed by atoms with Crippen LogP contribution in [0.2, 0.25) is 5.02 Å². The molecule has 2 aliphatic heterocycles. The van der Waals surface area contributed by atoms with Crippen LogP contribution in [0.4, 0.5) is 22.7 Å². The maximum atomic E-state index is 11.8. The number of anilines is 3. The number of hydrogen-bond acceptors (Lipinski definition) is 3. The molecular formula is C44H50ClN4O2+.